The predicted octanol–water partition coefficient (Wildman–Crippen LogP) is 4.01. The molecule has 2 aliphatic heterocycles. The summed E-state index contributed by atoms with van der Waals surface area (Å²) >= 11 is 0. The van der Waals surface area contributed by atoms with E-state index in [1.807, 2.05) is 6.92 Å². The molecule has 2 heterocycles. The molecule has 120 valence electrons. The van der Waals surface area contributed by atoms with Gasteiger partial charge in [0, 0.05) is 17.6 Å². The molecule has 0 saturated carbocycles. The summed E-state index contributed by atoms with van der Waals surface area (Å²) in [6.07, 6.45) is 2.40. The molecule has 0 bridgehead atoms. The standard InChI is InChI=1S/C20H24N2O/c1-2-23-15-8-6-14(7-9-15)16-4-3-5-19-20(16)17-10-12-21-13-11-18(17)22-19/h3-9,17-18,21-22H,2,10-13H2,1H3/t17-,18+/m1/s1. The van der Waals surface area contributed by atoms with Crippen molar-refractivity contribution < 1.29 is 4.74 Å². The summed E-state index contributed by atoms with van der Waals surface area (Å²) in [4.78, 5) is 0. The van der Waals surface area contributed by atoms with Crippen LogP contribution in [0.15, 0.2) is 42.5 Å². The van der Waals surface area contributed by atoms with E-state index in [-0.39, 0.29) is 0 Å². The summed E-state index contributed by atoms with van der Waals surface area (Å²) in [5.74, 6) is 1.56. The zero-order valence-electron chi connectivity index (χ0n) is 13.6. The van der Waals surface area contributed by atoms with Crippen molar-refractivity contribution in [3.05, 3.63) is 48.0 Å². The molecular formula is C20H24N2O. The van der Waals surface area contributed by atoms with Gasteiger partial charge in [0.1, 0.15) is 5.75 Å². The number of rotatable bonds is 3. The molecule has 4 rings (SSSR count). The van der Waals surface area contributed by atoms with Gasteiger partial charge in [-0.3, -0.25) is 0 Å². The Kier molecular flexibility index (Phi) is 3.96. The lowest BCUT2D eigenvalue weighted by Crippen LogP contribution is -2.21. The summed E-state index contributed by atoms with van der Waals surface area (Å²) in [6, 6.07) is 15.8. The third kappa shape index (κ3) is 2.70. The smallest absolute Gasteiger partial charge is 0.119 e. The molecule has 3 heteroatoms. The highest BCUT2D eigenvalue weighted by Crippen LogP contribution is 2.45. The van der Waals surface area contributed by atoms with Crippen LogP contribution in [0.1, 0.15) is 31.2 Å². The van der Waals surface area contributed by atoms with Crippen molar-refractivity contribution in [1.82, 2.24) is 5.32 Å². The van der Waals surface area contributed by atoms with Crippen LogP contribution in [-0.2, 0) is 0 Å². The third-order valence-corrected chi connectivity index (χ3v) is 5.04. The van der Waals surface area contributed by atoms with Crippen LogP contribution in [-0.4, -0.2) is 25.7 Å². The van der Waals surface area contributed by atoms with Gasteiger partial charge >= 0.3 is 0 Å². The van der Waals surface area contributed by atoms with Crippen molar-refractivity contribution in [3.8, 4) is 16.9 Å². The first-order valence-electron chi connectivity index (χ1n) is 8.70. The first-order chi connectivity index (χ1) is 11.4. The molecule has 23 heavy (non-hydrogen) atoms. The normalized spacial score (nSPS) is 22.7. The molecule has 0 spiro atoms. The minimum atomic E-state index is 0.573. The number of ether oxygens (including phenoxy) is 1. The first kappa shape index (κ1) is 14.6. The number of hydrogen-bond donors (Lipinski definition) is 2. The molecular weight excluding hydrogens is 284 g/mol. The topological polar surface area (TPSA) is 33.3 Å². The highest BCUT2D eigenvalue weighted by molar-refractivity contribution is 5.78. The molecule has 2 atom stereocenters. The highest BCUT2D eigenvalue weighted by Gasteiger charge is 2.34. The second kappa shape index (κ2) is 6.25. The molecule has 2 aliphatic rings. The Morgan fingerprint density at radius 1 is 1.04 bits per heavy atom. The first-order valence-corrected chi connectivity index (χ1v) is 8.70. The fourth-order valence-corrected chi connectivity index (χ4v) is 4.00. The van der Waals surface area contributed by atoms with E-state index in [4.69, 9.17) is 4.74 Å². The maximum atomic E-state index is 5.57. The lowest BCUT2D eigenvalue weighted by atomic mass is 9.86. The van der Waals surface area contributed by atoms with E-state index in [0.29, 0.717) is 18.6 Å². The quantitative estimate of drug-likeness (QED) is 0.898. The van der Waals surface area contributed by atoms with E-state index in [1.165, 1.54) is 35.2 Å². The molecule has 0 amide bonds. The van der Waals surface area contributed by atoms with Gasteiger partial charge in [0.05, 0.1) is 6.61 Å². The number of benzene rings is 2. The largest absolute Gasteiger partial charge is 0.494 e. The Morgan fingerprint density at radius 2 is 1.87 bits per heavy atom. The molecule has 1 saturated heterocycles. The van der Waals surface area contributed by atoms with Crippen LogP contribution in [0, 0.1) is 0 Å². The van der Waals surface area contributed by atoms with Crippen molar-refractivity contribution in [2.45, 2.75) is 31.7 Å². The Hall–Kier alpha value is -2.00. The average molecular weight is 308 g/mol. The van der Waals surface area contributed by atoms with Crippen LogP contribution in [0.3, 0.4) is 0 Å². The van der Waals surface area contributed by atoms with E-state index in [2.05, 4.69) is 53.1 Å². The van der Waals surface area contributed by atoms with Crippen molar-refractivity contribution >= 4 is 5.69 Å². The van der Waals surface area contributed by atoms with E-state index in [0.717, 1.165) is 18.8 Å². The monoisotopic (exact) mass is 308 g/mol. The SMILES string of the molecule is CCOc1ccc(-c2cccc3c2[C@@H]2CCNCC[C@@H]2N3)cc1. The van der Waals surface area contributed by atoms with Crippen LogP contribution in [0.25, 0.3) is 11.1 Å². The molecule has 0 aromatic heterocycles. The van der Waals surface area contributed by atoms with Crippen molar-refractivity contribution in [2.75, 3.05) is 25.0 Å². The van der Waals surface area contributed by atoms with Gasteiger partial charge in [0.2, 0.25) is 0 Å². The number of hydrogen-bond acceptors (Lipinski definition) is 3. The van der Waals surface area contributed by atoms with Gasteiger partial charge in [-0.25, -0.2) is 0 Å². The molecule has 2 N–H and O–H groups in total. The van der Waals surface area contributed by atoms with Gasteiger partial charge in [0.25, 0.3) is 0 Å². The minimum absolute atomic E-state index is 0.573. The Balaban J connectivity index is 1.72. The van der Waals surface area contributed by atoms with Crippen LogP contribution in [0.2, 0.25) is 0 Å². The van der Waals surface area contributed by atoms with Crippen LogP contribution >= 0.6 is 0 Å². The van der Waals surface area contributed by atoms with Gasteiger partial charge in [-0.1, -0.05) is 24.3 Å². The maximum absolute atomic E-state index is 5.57. The molecule has 0 unspecified atom stereocenters. The number of nitrogens with one attached hydrogen (secondary N) is 2. The molecule has 3 nitrogen and oxygen atoms in total. The second-order valence-corrected chi connectivity index (χ2v) is 6.41. The van der Waals surface area contributed by atoms with E-state index in [9.17, 15) is 0 Å². The van der Waals surface area contributed by atoms with E-state index in [1.54, 1.807) is 0 Å². The summed E-state index contributed by atoms with van der Waals surface area (Å²) in [5.41, 5.74) is 5.48. The third-order valence-electron chi connectivity index (χ3n) is 5.04. The summed E-state index contributed by atoms with van der Waals surface area (Å²) in [6.45, 7) is 4.95. The molecule has 0 aliphatic carbocycles. The Bertz CT molecular complexity index is 681. The van der Waals surface area contributed by atoms with E-state index < -0.39 is 0 Å². The minimum Gasteiger partial charge on any atom is -0.494 e. The molecule has 2 aromatic carbocycles. The van der Waals surface area contributed by atoms with Crippen molar-refractivity contribution in [1.29, 1.82) is 0 Å². The second-order valence-electron chi connectivity index (χ2n) is 6.41. The van der Waals surface area contributed by atoms with Crippen molar-refractivity contribution in [2.24, 2.45) is 0 Å². The maximum Gasteiger partial charge on any atom is 0.119 e. The van der Waals surface area contributed by atoms with Gasteiger partial charge in [-0.05, 0) is 67.7 Å². The number of anilines is 1. The highest BCUT2D eigenvalue weighted by atomic mass is 16.5. The van der Waals surface area contributed by atoms with Gasteiger partial charge in [-0.2, -0.15) is 0 Å². The zero-order valence-corrected chi connectivity index (χ0v) is 13.6. The summed E-state index contributed by atoms with van der Waals surface area (Å²) in [7, 11) is 0. The van der Waals surface area contributed by atoms with Gasteiger partial charge in [0.15, 0.2) is 0 Å². The predicted molar refractivity (Wildman–Crippen MR) is 95.3 cm³/mol. The lowest BCUT2D eigenvalue weighted by Gasteiger charge is -2.18. The fraction of sp³-hybridized carbons (Fsp3) is 0.400. The lowest BCUT2D eigenvalue weighted by molar-refractivity contribution is 0.340. The Morgan fingerprint density at radius 3 is 2.70 bits per heavy atom. The van der Waals surface area contributed by atoms with Crippen molar-refractivity contribution in [3.63, 3.8) is 0 Å². The number of fused-ring (bicyclic) bond motifs is 3. The van der Waals surface area contributed by atoms with Gasteiger partial charge < -0.3 is 15.4 Å². The molecule has 0 radical (unpaired) electrons. The summed E-state index contributed by atoms with van der Waals surface area (Å²) in [5, 5.41) is 7.28. The Labute approximate surface area is 138 Å². The average Bonchev–Trinajstić information content (AvgIpc) is 2.78. The van der Waals surface area contributed by atoms with E-state index >= 15 is 0 Å². The molecule has 1 fully saturated rings. The zero-order chi connectivity index (χ0) is 15.6. The summed E-state index contributed by atoms with van der Waals surface area (Å²) < 4.78 is 5.57. The van der Waals surface area contributed by atoms with Gasteiger partial charge in [-0.15, -0.1) is 0 Å². The van der Waals surface area contributed by atoms with Crippen LogP contribution in [0.4, 0.5) is 5.69 Å². The van der Waals surface area contributed by atoms with Crippen LogP contribution < -0.4 is 15.4 Å². The van der Waals surface area contributed by atoms with Crippen LogP contribution in [0.5, 0.6) is 5.75 Å². The molecule has 2 aromatic rings. The fourth-order valence-electron chi connectivity index (χ4n) is 4.00.